The lowest BCUT2D eigenvalue weighted by Gasteiger charge is -2.31. The Morgan fingerprint density at radius 2 is 1.80 bits per heavy atom. The summed E-state index contributed by atoms with van der Waals surface area (Å²) in [5, 5.41) is 8.23. The number of hydrogen-bond acceptors (Lipinski definition) is 3. The molecular weight excluding hydrogens is 498 g/mol. The number of amides is 2. The molecule has 3 aromatic carbocycles. The number of ether oxygens (including phenoxy) is 1. The number of carbonyl (C=O) groups excluding carboxylic acids is 1. The van der Waals surface area contributed by atoms with Crippen LogP contribution in [0.1, 0.15) is 46.6 Å². The molecule has 0 bridgehead atoms. The molecule has 0 fully saturated rings. The summed E-state index contributed by atoms with van der Waals surface area (Å²) in [6.45, 7) is 5.03. The molecule has 2 aromatic heterocycles. The highest BCUT2D eigenvalue weighted by atomic mass is 16.5. The number of methoxy groups -OCH3 is 1. The molecule has 0 aliphatic carbocycles. The minimum absolute atomic E-state index is 0.136. The molecule has 6 rings (SSSR count). The van der Waals surface area contributed by atoms with Gasteiger partial charge in [-0.2, -0.15) is 5.10 Å². The number of nitrogens with one attached hydrogen (secondary N) is 1. The van der Waals surface area contributed by atoms with Crippen LogP contribution in [-0.4, -0.2) is 32.4 Å². The Morgan fingerprint density at radius 1 is 1.00 bits per heavy atom. The quantitative estimate of drug-likeness (QED) is 0.277. The molecule has 0 saturated carbocycles. The van der Waals surface area contributed by atoms with E-state index in [9.17, 15) is 4.79 Å². The number of para-hydroxylation sites is 1. The van der Waals surface area contributed by atoms with Gasteiger partial charge in [0.15, 0.2) is 0 Å². The second kappa shape index (κ2) is 10.8. The van der Waals surface area contributed by atoms with Crippen molar-refractivity contribution in [3.8, 4) is 17.3 Å². The molecule has 0 radical (unpaired) electrons. The van der Waals surface area contributed by atoms with Gasteiger partial charge in [0.2, 0.25) is 0 Å². The minimum Gasteiger partial charge on any atom is -0.497 e. The first-order valence-electron chi connectivity index (χ1n) is 13.6. The van der Waals surface area contributed by atoms with Crippen molar-refractivity contribution in [3.05, 3.63) is 131 Å². The Bertz CT molecular complexity index is 1640. The van der Waals surface area contributed by atoms with Crippen LogP contribution in [0.3, 0.4) is 0 Å². The van der Waals surface area contributed by atoms with Crippen molar-refractivity contribution in [2.75, 3.05) is 7.11 Å². The Balaban J connectivity index is 1.49. The molecule has 5 aromatic rings. The Kier molecular flexibility index (Phi) is 6.86. The molecule has 0 saturated heterocycles. The van der Waals surface area contributed by atoms with Crippen LogP contribution in [0.4, 0.5) is 4.79 Å². The second-order valence-electron chi connectivity index (χ2n) is 10.1. The maximum Gasteiger partial charge on any atom is 0.318 e. The summed E-state index contributed by atoms with van der Waals surface area (Å²) >= 11 is 0. The zero-order chi connectivity index (χ0) is 27.6. The lowest BCUT2D eigenvalue weighted by Crippen LogP contribution is -2.41. The lowest BCUT2D eigenvalue weighted by atomic mass is 10.0. The molecule has 7 nitrogen and oxygen atoms in total. The third-order valence-electron chi connectivity index (χ3n) is 7.54. The van der Waals surface area contributed by atoms with Gasteiger partial charge in [-0.3, -0.25) is 0 Å². The zero-order valence-corrected chi connectivity index (χ0v) is 23.0. The highest BCUT2D eigenvalue weighted by Gasteiger charge is 2.36. The van der Waals surface area contributed by atoms with E-state index in [1.165, 1.54) is 5.56 Å². The van der Waals surface area contributed by atoms with E-state index in [0.717, 1.165) is 51.8 Å². The Labute approximate surface area is 234 Å². The number of benzene rings is 3. The predicted molar refractivity (Wildman–Crippen MR) is 156 cm³/mol. The van der Waals surface area contributed by atoms with Gasteiger partial charge in [0.25, 0.3) is 0 Å². The Morgan fingerprint density at radius 3 is 2.55 bits per heavy atom. The van der Waals surface area contributed by atoms with Gasteiger partial charge >= 0.3 is 6.03 Å². The van der Waals surface area contributed by atoms with Crippen LogP contribution in [-0.2, 0) is 19.5 Å². The second-order valence-corrected chi connectivity index (χ2v) is 10.1. The molecule has 0 spiro atoms. The predicted octanol–water partition coefficient (Wildman–Crippen LogP) is 6.36. The van der Waals surface area contributed by atoms with Gasteiger partial charge in [-0.1, -0.05) is 67.1 Å². The largest absolute Gasteiger partial charge is 0.497 e. The Hall–Kier alpha value is -4.78. The summed E-state index contributed by atoms with van der Waals surface area (Å²) in [4.78, 5) is 16.0. The number of hydrogen-bond donors (Lipinski definition) is 1. The number of aromatic nitrogens is 3. The van der Waals surface area contributed by atoms with Gasteiger partial charge in [0.1, 0.15) is 11.6 Å². The van der Waals surface area contributed by atoms with Gasteiger partial charge in [-0.25, -0.2) is 9.48 Å². The standard InChI is InChI=1S/C33H33N5O2/c1-4-29-28-22-37(33(39)34-21-24-17-15-23(2)16-18-24)31(25-10-8-13-27(20-25)40-3)30-14-9-19-36(30)32(28)38(35-29)26-11-6-5-7-12-26/h5-20,31H,4,21-22H2,1-3H3,(H,34,39)/t31-/m1/s1. The number of aryl methyl sites for hydroxylation is 2. The molecule has 1 aliphatic rings. The summed E-state index contributed by atoms with van der Waals surface area (Å²) in [6.07, 6.45) is 2.82. The van der Waals surface area contributed by atoms with Crippen LogP contribution >= 0.6 is 0 Å². The maximum absolute atomic E-state index is 14.1. The molecule has 1 aliphatic heterocycles. The van der Waals surface area contributed by atoms with Gasteiger partial charge in [-0.15, -0.1) is 0 Å². The summed E-state index contributed by atoms with van der Waals surface area (Å²) in [6, 6.07) is 30.0. The molecule has 40 heavy (non-hydrogen) atoms. The normalized spacial score (nSPS) is 14.3. The van der Waals surface area contributed by atoms with E-state index in [4.69, 9.17) is 9.84 Å². The lowest BCUT2D eigenvalue weighted by molar-refractivity contribution is 0.180. The number of fused-ring (bicyclic) bond motifs is 3. The van der Waals surface area contributed by atoms with Crippen LogP contribution in [0, 0.1) is 6.92 Å². The highest BCUT2D eigenvalue weighted by Crippen LogP contribution is 2.39. The van der Waals surface area contributed by atoms with E-state index < -0.39 is 0 Å². The molecule has 202 valence electrons. The summed E-state index contributed by atoms with van der Waals surface area (Å²) in [5.41, 5.74) is 7.21. The van der Waals surface area contributed by atoms with E-state index in [1.807, 2.05) is 52.0 Å². The van der Waals surface area contributed by atoms with Crippen LogP contribution in [0.5, 0.6) is 5.75 Å². The van der Waals surface area contributed by atoms with Gasteiger partial charge < -0.3 is 19.5 Å². The molecule has 7 heteroatoms. The summed E-state index contributed by atoms with van der Waals surface area (Å²) in [5.74, 6) is 1.71. The fraction of sp³-hybridized carbons (Fsp3) is 0.212. The molecule has 0 unspecified atom stereocenters. The maximum atomic E-state index is 14.1. The van der Waals surface area contributed by atoms with Crippen molar-refractivity contribution in [2.24, 2.45) is 0 Å². The van der Waals surface area contributed by atoms with Crippen molar-refractivity contribution in [1.29, 1.82) is 0 Å². The van der Waals surface area contributed by atoms with Crippen molar-refractivity contribution in [3.63, 3.8) is 0 Å². The van der Waals surface area contributed by atoms with Crippen LogP contribution in [0.25, 0.3) is 11.5 Å². The number of urea groups is 1. The topological polar surface area (TPSA) is 64.3 Å². The average molecular weight is 532 g/mol. The fourth-order valence-electron chi connectivity index (χ4n) is 5.50. The third kappa shape index (κ3) is 4.64. The van der Waals surface area contributed by atoms with E-state index in [2.05, 4.69) is 78.5 Å². The van der Waals surface area contributed by atoms with Gasteiger partial charge in [-0.05, 0) is 60.9 Å². The van der Waals surface area contributed by atoms with Crippen LogP contribution in [0.2, 0.25) is 0 Å². The van der Waals surface area contributed by atoms with Gasteiger partial charge in [0.05, 0.1) is 36.8 Å². The van der Waals surface area contributed by atoms with Crippen LogP contribution in [0.15, 0.2) is 97.2 Å². The first-order valence-corrected chi connectivity index (χ1v) is 13.6. The summed E-state index contributed by atoms with van der Waals surface area (Å²) in [7, 11) is 1.67. The average Bonchev–Trinajstić information content (AvgIpc) is 3.58. The van der Waals surface area contributed by atoms with E-state index in [-0.39, 0.29) is 12.1 Å². The molecule has 1 atom stereocenters. The molecular formula is C33H33N5O2. The van der Waals surface area contributed by atoms with E-state index >= 15 is 0 Å². The van der Waals surface area contributed by atoms with Gasteiger partial charge in [0, 0.05) is 18.3 Å². The third-order valence-corrected chi connectivity index (χ3v) is 7.54. The number of rotatable bonds is 6. The first kappa shape index (κ1) is 25.5. The van der Waals surface area contributed by atoms with Crippen molar-refractivity contribution < 1.29 is 9.53 Å². The van der Waals surface area contributed by atoms with E-state index in [0.29, 0.717) is 13.1 Å². The van der Waals surface area contributed by atoms with Crippen molar-refractivity contribution in [2.45, 2.75) is 39.4 Å². The van der Waals surface area contributed by atoms with Crippen molar-refractivity contribution >= 4 is 6.03 Å². The number of carbonyl (C=O) groups is 1. The van der Waals surface area contributed by atoms with Crippen molar-refractivity contribution in [1.82, 2.24) is 24.6 Å². The molecule has 1 N–H and O–H groups in total. The SMILES string of the molecule is CCc1nn(-c2ccccc2)c2c1CN(C(=O)NCc1ccc(C)cc1)[C@H](c1cccc(OC)c1)c1cccn1-2. The zero-order valence-electron chi connectivity index (χ0n) is 23.0. The highest BCUT2D eigenvalue weighted by molar-refractivity contribution is 5.76. The first-order chi connectivity index (χ1) is 19.6. The minimum atomic E-state index is -0.343. The van der Waals surface area contributed by atoms with Crippen LogP contribution < -0.4 is 10.1 Å². The fourth-order valence-corrected chi connectivity index (χ4v) is 5.50. The number of nitrogens with zero attached hydrogens (tertiary/aromatic N) is 4. The molecule has 3 heterocycles. The monoisotopic (exact) mass is 531 g/mol. The smallest absolute Gasteiger partial charge is 0.318 e. The molecule has 2 amide bonds. The summed E-state index contributed by atoms with van der Waals surface area (Å²) < 4.78 is 9.77. The van der Waals surface area contributed by atoms with E-state index in [1.54, 1.807) is 7.11 Å².